The van der Waals surface area contributed by atoms with E-state index in [1.807, 2.05) is 34.6 Å². The van der Waals surface area contributed by atoms with Gasteiger partial charge in [-0.15, -0.1) is 0 Å². The number of hydrogen-bond acceptors (Lipinski definition) is 4. The Balaban J connectivity index is 3.02. The first-order valence-electron chi connectivity index (χ1n) is 12.0. The van der Waals surface area contributed by atoms with Crippen LogP contribution in [0.25, 0.3) is 0 Å². The van der Waals surface area contributed by atoms with Gasteiger partial charge in [0.2, 0.25) is 0 Å². The molecule has 1 amide bonds. The van der Waals surface area contributed by atoms with Crippen molar-refractivity contribution in [2.75, 3.05) is 6.61 Å². The molecule has 1 heterocycles. The van der Waals surface area contributed by atoms with E-state index < -0.39 is 5.54 Å². The highest BCUT2D eigenvalue weighted by molar-refractivity contribution is 6.17. The normalized spacial score (nSPS) is 19.8. The van der Waals surface area contributed by atoms with E-state index in [9.17, 15) is 9.59 Å². The molecule has 0 aromatic rings. The fourth-order valence-corrected chi connectivity index (χ4v) is 3.65. The standard InChI is InChI=1S/C25H44N2O3/c1-8-10-12-13-14-15-17-30-23(28)21(18(3)4)20(16-11-9-2)22-26-24(29)25(7,27-22)19(5)6/h18-19H,8-17H2,1-7H3,(H,26,27,29)/b21-20+. The van der Waals surface area contributed by atoms with Crippen molar-refractivity contribution in [3.05, 3.63) is 11.1 Å². The van der Waals surface area contributed by atoms with E-state index in [2.05, 4.69) is 19.2 Å². The maximum absolute atomic E-state index is 13.0. The van der Waals surface area contributed by atoms with Crippen LogP contribution < -0.4 is 5.32 Å². The number of aliphatic imine (C=N–C) groups is 1. The third-order valence-corrected chi connectivity index (χ3v) is 6.08. The number of nitrogens with one attached hydrogen (secondary N) is 1. The van der Waals surface area contributed by atoms with Crippen LogP contribution in [0.3, 0.4) is 0 Å². The molecule has 0 aliphatic carbocycles. The van der Waals surface area contributed by atoms with Gasteiger partial charge in [-0.25, -0.2) is 4.79 Å². The van der Waals surface area contributed by atoms with Crippen LogP contribution in [0.4, 0.5) is 0 Å². The van der Waals surface area contributed by atoms with Gasteiger partial charge in [-0.1, -0.05) is 80.1 Å². The number of rotatable bonds is 14. The summed E-state index contributed by atoms with van der Waals surface area (Å²) in [5, 5.41) is 2.97. The Hall–Kier alpha value is -1.65. The van der Waals surface area contributed by atoms with Gasteiger partial charge in [-0.2, -0.15) is 0 Å². The Bertz CT molecular complexity index is 634. The molecule has 1 aliphatic heterocycles. The van der Waals surface area contributed by atoms with Crippen molar-refractivity contribution in [1.82, 2.24) is 5.32 Å². The van der Waals surface area contributed by atoms with Crippen LogP contribution in [-0.4, -0.2) is 29.9 Å². The third-order valence-electron chi connectivity index (χ3n) is 6.08. The zero-order valence-corrected chi connectivity index (χ0v) is 20.4. The maximum Gasteiger partial charge on any atom is 0.334 e. The largest absolute Gasteiger partial charge is 0.462 e. The molecule has 0 fully saturated rings. The second-order valence-electron chi connectivity index (χ2n) is 9.27. The highest BCUT2D eigenvalue weighted by Gasteiger charge is 2.43. The van der Waals surface area contributed by atoms with E-state index in [4.69, 9.17) is 9.73 Å². The third kappa shape index (κ3) is 7.24. The lowest BCUT2D eigenvalue weighted by Gasteiger charge is -2.21. The lowest BCUT2D eigenvalue weighted by molar-refractivity contribution is -0.139. The number of carbonyl (C=O) groups is 2. The number of esters is 1. The van der Waals surface area contributed by atoms with Crippen molar-refractivity contribution in [2.45, 2.75) is 112 Å². The number of nitrogens with zero attached hydrogens (tertiary/aromatic N) is 1. The molecule has 1 atom stereocenters. The minimum absolute atomic E-state index is 0.000538. The van der Waals surface area contributed by atoms with Crippen LogP contribution in [0.15, 0.2) is 16.1 Å². The Labute approximate surface area is 184 Å². The Morgan fingerprint density at radius 3 is 2.13 bits per heavy atom. The molecule has 0 saturated heterocycles. The molecule has 0 spiro atoms. The Morgan fingerprint density at radius 2 is 1.60 bits per heavy atom. The van der Waals surface area contributed by atoms with E-state index in [0.717, 1.165) is 31.3 Å². The zero-order chi connectivity index (χ0) is 22.7. The van der Waals surface area contributed by atoms with Crippen LogP contribution in [0.5, 0.6) is 0 Å². The lowest BCUT2D eigenvalue weighted by Crippen LogP contribution is -2.41. The molecule has 1 N–H and O–H groups in total. The molecule has 0 aromatic heterocycles. The lowest BCUT2D eigenvalue weighted by atomic mass is 9.89. The summed E-state index contributed by atoms with van der Waals surface area (Å²) < 4.78 is 5.65. The van der Waals surface area contributed by atoms with E-state index in [-0.39, 0.29) is 23.7 Å². The van der Waals surface area contributed by atoms with Gasteiger partial charge < -0.3 is 10.1 Å². The highest BCUT2D eigenvalue weighted by atomic mass is 16.5. The molecule has 172 valence electrons. The first-order valence-corrected chi connectivity index (χ1v) is 12.0. The fourth-order valence-electron chi connectivity index (χ4n) is 3.65. The summed E-state index contributed by atoms with van der Waals surface area (Å²) >= 11 is 0. The number of hydrogen-bond donors (Lipinski definition) is 1. The van der Waals surface area contributed by atoms with E-state index in [1.165, 1.54) is 25.7 Å². The van der Waals surface area contributed by atoms with Crippen molar-refractivity contribution < 1.29 is 14.3 Å². The fraction of sp³-hybridized carbons (Fsp3) is 0.800. The summed E-state index contributed by atoms with van der Waals surface area (Å²) in [5.41, 5.74) is 0.705. The van der Waals surface area contributed by atoms with Gasteiger partial charge >= 0.3 is 5.97 Å². The number of unbranched alkanes of at least 4 members (excludes halogenated alkanes) is 6. The molecule has 0 saturated carbocycles. The zero-order valence-electron chi connectivity index (χ0n) is 20.4. The van der Waals surface area contributed by atoms with Crippen molar-refractivity contribution in [2.24, 2.45) is 16.8 Å². The van der Waals surface area contributed by atoms with E-state index in [1.54, 1.807) is 0 Å². The van der Waals surface area contributed by atoms with Crippen molar-refractivity contribution in [1.29, 1.82) is 0 Å². The van der Waals surface area contributed by atoms with Crippen LogP contribution in [-0.2, 0) is 14.3 Å². The minimum Gasteiger partial charge on any atom is -0.462 e. The average molecular weight is 421 g/mol. The predicted molar refractivity (Wildman–Crippen MR) is 125 cm³/mol. The molecule has 0 bridgehead atoms. The molecule has 30 heavy (non-hydrogen) atoms. The van der Waals surface area contributed by atoms with Crippen LogP contribution in [0.2, 0.25) is 0 Å². The topological polar surface area (TPSA) is 67.8 Å². The smallest absolute Gasteiger partial charge is 0.334 e. The van der Waals surface area contributed by atoms with Gasteiger partial charge in [0.1, 0.15) is 11.4 Å². The maximum atomic E-state index is 13.0. The Morgan fingerprint density at radius 1 is 1.00 bits per heavy atom. The van der Waals surface area contributed by atoms with Crippen LogP contribution >= 0.6 is 0 Å². The van der Waals surface area contributed by atoms with E-state index >= 15 is 0 Å². The number of amidine groups is 1. The summed E-state index contributed by atoms with van der Waals surface area (Å²) in [7, 11) is 0. The molecule has 0 aromatic carbocycles. The van der Waals surface area contributed by atoms with Crippen molar-refractivity contribution in [3.8, 4) is 0 Å². The summed E-state index contributed by atoms with van der Waals surface area (Å²) in [5.74, 6) is 0.277. The number of carbonyl (C=O) groups excluding carboxylic acids is 2. The first-order chi connectivity index (χ1) is 14.2. The van der Waals surface area contributed by atoms with Gasteiger partial charge in [0.05, 0.1) is 6.61 Å². The Kier molecular flexibility index (Phi) is 11.4. The molecule has 5 nitrogen and oxygen atoms in total. The second kappa shape index (κ2) is 12.9. The molecule has 1 unspecified atom stereocenters. The van der Waals surface area contributed by atoms with Crippen LogP contribution in [0, 0.1) is 11.8 Å². The predicted octanol–water partition coefficient (Wildman–Crippen LogP) is 5.98. The summed E-state index contributed by atoms with van der Waals surface area (Å²) in [6, 6.07) is 0. The second-order valence-corrected chi connectivity index (χ2v) is 9.27. The first kappa shape index (κ1) is 26.4. The van der Waals surface area contributed by atoms with Gasteiger partial charge in [0, 0.05) is 11.1 Å². The van der Waals surface area contributed by atoms with Gasteiger partial charge in [0.15, 0.2) is 0 Å². The molecule has 5 heteroatoms. The SMILES string of the molecule is CCCCCCCCOC(=O)/C(=C(\CCCC)C1=NC(C)(C(C)C)C(=O)N1)C(C)C. The van der Waals surface area contributed by atoms with Crippen LogP contribution in [0.1, 0.15) is 106 Å². The summed E-state index contributed by atoms with van der Waals surface area (Å²) in [6.07, 6.45) is 9.57. The minimum atomic E-state index is -0.794. The van der Waals surface area contributed by atoms with E-state index in [0.29, 0.717) is 24.4 Å². The molecule has 1 rings (SSSR count). The average Bonchev–Trinajstić information content (AvgIpc) is 2.99. The molecular weight excluding hydrogens is 376 g/mol. The molecule has 1 aliphatic rings. The van der Waals surface area contributed by atoms with Crippen molar-refractivity contribution in [3.63, 3.8) is 0 Å². The highest BCUT2D eigenvalue weighted by Crippen LogP contribution is 2.30. The van der Waals surface area contributed by atoms with Crippen molar-refractivity contribution >= 4 is 17.7 Å². The molecular formula is C25H44N2O3. The monoisotopic (exact) mass is 420 g/mol. The number of ether oxygens (including phenoxy) is 1. The van der Waals surface area contributed by atoms with Gasteiger partial charge in [-0.3, -0.25) is 9.79 Å². The number of amides is 1. The summed E-state index contributed by atoms with van der Waals surface area (Å²) in [6.45, 7) is 14.7. The summed E-state index contributed by atoms with van der Waals surface area (Å²) in [4.78, 5) is 30.4. The quantitative estimate of drug-likeness (QED) is 0.214. The van der Waals surface area contributed by atoms with Gasteiger partial charge in [0.25, 0.3) is 5.91 Å². The van der Waals surface area contributed by atoms with Gasteiger partial charge in [-0.05, 0) is 38.0 Å². The molecule has 0 radical (unpaired) electrons.